The maximum atomic E-state index is 10.8. The summed E-state index contributed by atoms with van der Waals surface area (Å²) in [7, 11) is -17.0. The van der Waals surface area contributed by atoms with Crippen LogP contribution >= 0.6 is 15.4 Å². The molecule has 0 fully saturated rings. The van der Waals surface area contributed by atoms with E-state index in [4.69, 9.17) is 24.3 Å². The SMILES string of the molecule is C=CC(=O)COCCOP(=O)(O)O.C=CC(=O)NC(C)(C)CS(=O)(=O)[O-].C=CP(=O)(O)O.C=Cc1ccc(C(=O)[O-])cc1.C=Cc1ccc(S(=O)(=O)[O-])cc1.[Na+].[Na+].[Na+]. The number of benzene rings is 2. The summed E-state index contributed by atoms with van der Waals surface area (Å²) in [4.78, 5) is 63.5. The fraction of sp³-hybridized carbons (Fsp3) is 0.219. The van der Waals surface area contributed by atoms with Crippen LogP contribution in [0.25, 0.3) is 12.2 Å². The molecule has 0 heterocycles. The Hall–Kier alpha value is -1.21. The molecule has 0 aliphatic rings. The van der Waals surface area contributed by atoms with Crippen LogP contribution in [0.2, 0.25) is 0 Å². The first kappa shape index (κ1) is 68.5. The van der Waals surface area contributed by atoms with E-state index >= 15 is 0 Å². The average Bonchev–Trinajstić information content (AvgIpc) is 3.06. The molecule has 0 saturated heterocycles. The van der Waals surface area contributed by atoms with Crippen molar-refractivity contribution in [2.75, 3.05) is 25.6 Å². The Kier molecular flexibility index (Phi) is 40.6. The summed E-state index contributed by atoms with van der Waals surface area (Å²) in [5, 5.41) is 12.6. The molecule has 0 radical (unpaired) electrons. The molecule has 5 N–H and O–H groups in total. The van der Waals surface area contributed by atoms with Crippen molar-refractivity contribution in [1.29, 1.82) is 0 Å². The monoisotopic (exact) mass is 923 g/mol. The van der Waals surface area contributed by atoms with Crippen molar-refractivity contribution in [3.63, 3.8) is 0 Å². The van der Waals surface area contributed by atoms with E-state index < -0.39 is 58.8 Å². The second kappa shape index (κ2) is 34.4. The molecule has 19 nitrogen and oxygen atoms in total. The Bertz CT molecular complexity index is 1910. The molecule has 2 rings (SSSR count). The van der Waals surface area contributed by atoms with Crippen LogP contribution in [0.1, 0.15) is 35.3 Å². The van der Waals surface area contributed by atoms with Gasteiger partial charge in [-0.25, -0.2) is 21.4 Å². The molecule has 308 valence electrons. The van der Waals surface area contributed by atoms with Gasteiger partial charge in [0.05, 0.1) is 39.9 Å². The number of carboxylic acids is 1. The second-order valence-corrected chi connectivity index (χ2v) is 16.0. The van der Waals surface area contributed by atoms with Crippen LogP contribution in [-0.2, 0) is 48.2 Å². The fourth-order valence-electron chi connectivity index (χ4n) is 2.84. The summed E-state index contributed by atoms with van der Waals surface area (Å²) in [6.07, 6.45) is 5.34. The van der Waals surface area contributed by atoms with E-state index in [0.29, 0.717) is 5.82 Å². The van der Waals surface area contributed by atoms with E-state index in [1.165, 1.54) is 50.2 Å². The van der Waals surface area contributed by atoms with E-state index in [9.17, 15) is 54.6 Å². The fourth-order valence-corrected chi connectivity index (χ4v) is 4.57. The molecular formula is C32H42NNa3O18P2S2. The minimum absolute atomic E-state index is 0. The van der Waals surface area contributed by atoms with Gasteiger partial charge in [-0.2, -0.15) is 0 Å². The minimum Gasteiger partial charge on any atom is -0.748 e. The quantitative estimate of drug-likeness (QED) is 0.0343. The first-order chi connectivity index (χ1) is 25.0. The van der Waals surface area contributed by atoms with Crippen LogP contribution in [0.4, 0.5) is 0 Å². The van der Waals surface area contributed by atoms with Gasteiger partial charge in [0, 0.05) is 11.4 Å². The molecule has 0 aliphatic carbocycles. The van der Waals surface area contributed by atoms with E-state index in [1.54, 1.807) is 24.3 Å². The summed E-state index contributed by atoms with van der Waals surface area (Å²) in [6.45, 7) is 18.8. The minimum atomic E-state index is -4.42. The number of hydrogen-bond acceptors (Lipinski definition) is 14. The van der Waals surface area contributed by atoms with Crippen molar-refractivity contribution < 1.29 is 172 Å². The second-order valence-electron chi connectivity index (χ2n) is 10.4. The van der Waals surface area contributed by atoms with Gasteiger partial charge in [-0.05, 0) is 54.8 Å². The zero-order chi connectivity index (χ0) is 43.7. The number of nitrogens with one attached hydrogen (secondary N) is 1. The summed E-state index contributed by atoms with van der Waals surface area (Å²) < 4.78 is 90.9. The molecule has 1 amide bonds. The van der Waals surface area contributed by atoms with Gasteiger partial charge in [-0.3, -0.25) is 18.7 Å². The van der Waals surface area contributed by atoms with Crippen LogP contribution in [0.5, 0.6) is 0 Å². The van der Waals surface area contributed by atoms with Gasteiger partial charge in [0.1, 0.15) is 16.7 Å². The van der Waals surface area contributed by atoms with Gasteiger partial charge in [-0.1, -0.05) is 81.4 Å². The topological polar surface area (TPSA) is 334 Å². The molecule has 0 aromatic heterocycles. The largest absolute Gasteiger partial charge is 1.00 e. The smallest absolute Gasteiger partial charge is 0.748 e. The molecular weight excluding hydrogens is 881 g/mol. The van der Waals surface area contributed by atoms with Crippen molar-refractivity contribution in [3.05, 3.63) is 116 Å². The number of ketones is 1. The Labute approximate surface area is 404 Å². The zero-order valence-corrected chi connectivity index (χ0v) is 42.0. The van der Waals surface area contributed by atoms with Crippen molar-refractivity contribution in [3.8, 4) is 0 Å². The van der Waals surface area contributed by atoms with Crippen molar-refractivity contribution >= 4 is 65.5 Å². The molecule has 2 aromatic rings. The van der Waals surface area contributed by atoms with Crippen molar-refractivity contribution in [1.82, 2.24) is 5.32 Å². The number of phosphoric acid groups is 1. The van der Waals surface area contributed by atoms with Gasteiger partial charge in [0.2, 0.25) is 5.91 Å². The van der Waals surface area contributed by atoms with E-state index in [1.807, 2.05) is 0 Å². The number of amides is 1. The first-order valence-electron chi connectivity index (χ1n) is 14.6. The Morgan fingerprint density at radius 3 is 1.48 bits per heavy atom. The standard InChI is InChI=1S/C9H8O2.C8H8O3S.C7H13NO4S.C6H11O6P.C2H5O3P.3Na/c1-2-7-3-5-8(6-4-7)9(10)11;1-2-7-3-5-8(6-4-7)12(9,10)11;1-4-6(9)8-7(2,3)5-13(10,11)12;1-2-6(7)5-11-3-4-12-13(8,9)10;1-2-6(3,4)5;;;/h2-6H,1H2,(H,10,11);2-6H,1H2,(H,9,10,11);4H,1,5H2,2-3H3,(H,8,9)(H,10,11,12);2H,1,3-5H2,(H2,8,9,10);2H,1H2,(H2,3,4,5);;;/q;;;;;3*+1/p-3. The Balaban J connectivity index is -0.000000146. The third kappa shape index (κ3) is 44.3. The summed E-state index contributed by atoms with van der Waals surface area (Å²) in [5.41, 5.74) is 0.805. The third-order valence-electron chi connectivity index (χ3n) is 5.17. The zero-order valence-electron chi connectivity index (χ0n) is 32.6. The molecule has 0 atom stereocenters. The number of hydrogen-bond donors (Lipinski definition) is 5. The molecule has 58 heavy (non-hydrogen) atoms. The van der Waals surface area contributed by atoms with Crippen LogP contribution in [-0.4, -0.2) is 94.3 Å². The molecule has 0 unspecified atom stereocenters. The molecule has 26 heteroatoms. The predicted molar refractivity (Wildman–Crippen MR) is 199 cm³/mol. The third-order valence-corrected chi connectivity index (χ3v) is 8.09. The van der Waals surface area contributed by atoms with Gasteiger partial charge < -0.3 is 48.6 Å². The van der Waals surface area contributed by atoms with Crippen molar-refractivity contribution in [2.24, 2.45) is 0 Å². The number of phosphoric ester groups is 1. The number of ether oxygens (including phenoxy) is 1. The van der Waals surface area contributed by atoms with Gasteiger partial charge in [0.15, 0.2) is 5.78 Å². The van der Waals surface area contributed by atoms with Crippen LogP contribution in [0.3, 0.4) is 0 Å². The number of carbonyl (C=O) groups is 3. The molecule has 0 bridgehead atoms. The van der Waals surface area contributed by atoms with Crippen LogP contribution < -0.4 is 99.1 Å². The molecule has 2 aromatic carbocycles. The Morgan fingerprint density at radius 1 is 0.776 bits per heavy atom. The van der Waals surface area contributed by atoms with E-state index in [0.717, 1.165) is 23.3 Å². The van der Waals surface area contributed by atoms with Crippen LogP contribution in [0, 0.1) is 0 Å². The number of carbonyl (C=O) groups excluding carboxylic acids is 3. The number of aromatic carboxylic acids is 1. The number of rotatable bonds is 16. The first-order valence-corrected chi connectivity index (χ1v) is 20.8. The average molecular weight is 924 g/mol. The maximum Gasteiger partial charge on any atom is 1.00 e. The molecule has 0 saturated carbocycles. The summed E-state index contributed by atoms with van der Waals surface area (Å²) >= 11 is 0. The van der Waals surface area contributed by atoms with E-state index in [-0.39, 0.29) is 125 Å². The molecule has 0 spiro atoms. The van der Waals surface area contributed by atoms with Gasteiger partial charge in [0.25, 0.3) is 0 Å². The summed E-state index contributed by atoms with van der Waals surface area (Å²) in [6, 6.07) is 11.9. The molecule has 0 aliphatic heterocycles. The maximum absolute atomic E-state index is 10.8. The van der Waals surface area contributed by atoms with Gasteiger partial charge in [-0.15, -0.1) is 0 Å². The predicted octanol–water partition coefficient (Wildman–Crippen LogP) is -7.27. The Morgan fingerprint density at radius 2 is 1.19 bits per heavy atom. The summed E-state index contributed by atoms with van der Waals surface area (Å²) in [5.74, 6) is -1.99. The number of carboxylic acid groups (broad SMARTS) is 1. The van der Waals surface area contributed by atoms with Gasteiger partial charge >= 0.3 is 104 Å². The van der Waals surface area contributed by atoms with E-state index in [2.05, 4.69) is 42.7 Å². The van der Waals surface area contributed by atoms with Crippen molar-refractivity contribution in [2.45, 2.75) is 24.3 Å². The normalized spacial score (nSPS) is 10.4. The van der Waals surface area contributed by atoms with Crippen LogP contribution in [0.15, 0.2) is 104 Å².